The Morgan fingerprint density at radius 2 is 1.28 bits per heavy atom. The molecule has 0 atom stereocenters. The zero-order chi connectivity index (χ0) is 12.8. The van der Waals surface area contributed by atoms with Gasteiger partial charge in [0.05, 0.1) is 12.4 Å². The van der Waals surface area contributed by atoms with Crippen LogP contribution >= 0.6 is 0 Å². The minimum Gasteiger partial charge on any atom is -0.222 e. The molecule has 12 nitrogen and oxygen atoms in total. The Kier molecular flexibility index (Phi) is 3.16. The van der Waals surface area contributed by atoms with Gasteiger partial charge in [0.25, 0.3) is 0 Å². The van der Waals surface area contributed by atoms with Crippen LogP contribution in [0.25, 0.3) is 32.3 Å². The molecule has 0 aromatic carbocycles. The van der Waals surface area contributed by atoms with E-state index in [2.05, 4.69) is 50.4 Å². The second-order valence-electron chi connectivity index (χ2n) is 2.66. The molecule has 0 unspecified atom stereocenters. The first-order valence-electron chi connectivity index (χ1n) is 4.33. The van der Waals surface area contributed by atoms with E-state index in [0.717, 1.165) is 0 Å². The van der Waals surface area contributed by atoms with Crippen molar-refractivity contribution in [1.82, 2.24) is 30.4 Å². The average molecular weight is 242 g/mol. The average Bonchev–Trinajstić information content (AvgIpc) is 2.40. The fourth-order valence-electron chi connectivity index (χ4n) is 1.000. The Hall–Kier alpha value is -3.36. The molecule has 0 spiro atoms. The Morgan fingerprint density at radius 3 is 1.67 bits per heavy atom. The van der Waals surface area contributed by atoms with Crippen LogP contribution in [0.5, 0.6) is 0 Å². The van der Waals surface area contributed by atoms with E-state index in [1.807, 2.05) is 0 Å². The molecule has 0 bridgehead atoms. The standard InChI is InChI=1S/C6H2N12/c7-17-15-5-11-3(1-9-13-5)4-2-10-14-6(12-4)16-18-8/h1-2H. The summed E-state index contributed by atoms with van der Waals surface area (Å²) >= 11 is 0. The van der Waals surface area contributed by atoms with E-state index in [1.54, 1.807) is 0 Å². The summed E-state index contributed by atoms with van der Waals surface area (Å²) in [6, 6.07) is 0. The topological polar surface area (TPSA) is 175 Å². The van der Waals surface area contributed by atoms with Crippen molar-refractivity contribution in [3.63, 3.8) is 0 Å². The normalized spacial score (nSPS) is 9.11. The van der Waals surface area contributed by atoms with Crippen LogP contribution in [0, 0.1) is 0 Å². The molecule has 2 aromatic heterocycles. The van der Waals surface area contributed by atoms with Crippen molar-refractivity contribution in [1.29, 1.82) is 0 Å². The highest BCUT2D eigenvalue weighted by Gasteiger charge is 2.05. The van der Waals surface area contributed by atoms with Crippen molar-refractivity contribution in [3.05, 3.63) is 33.3 Å². The minimum absolute atomic E-state index is 0.154. The molecule has 0 amide bonds. The molecule has 0 radical (unpaired) electrons. The number of aromatic nitrogens is 6. The van der Waals surface area contributed by atoms with Gasteiger partial charge >= 0.3 is 0 Å². The second kappa shape index (κ2) is 5.12. The second-order valence-corrected chi connectivity index (χ2v) is 2.66. The highest BCUT2D eigenvalue weighted by Crippen LogP contribution is 2.15. The molecule has 0 aliphatic carbocycles. The fourth-order valence-corrected chi connectivity index (χ4v) is 1.000. The zero-order valence-corrected chi connectivity index (χ0v) is 8.52. The Bertz CT molecular complexity index is 606. The van der Waals surface area contributed by atoms with Crippen molar-refractivity contribution in [2.45, 2.75) is 0 Å². The lowest BCUT2D eigenvalue weighted by Crippen LogP contribution is -1.94. The Morgan fingerprint density at radius 1 is 0.833 bits per heavy atom. The molecule has 0 fully saturated rings. The monoisotopic (exact) mass is 242 g/mol. The zero-order valence-electron chi connectivity index (χ0n) is 8.52. The summed E-state index contributed by atoms with van der Waals surface area (Å²) in [6.45, 7) is 0. The first kappa shape index (κ1) is 11.1. The van der Waals surface area contributed by atoms with Gasteiger partial charge in [-0.15, -0.1) is 10.2 Å². The smallest absolute Gasteiger partial charge is 0.222 e. The quantitative estimate of drug-likeness (QED) is 0.448. The maximum absolute atomic E-state index is 8.25. The third-order valence-electron chi connectivity index (χ3n) is 1.63. The number of azide groups is 2. The Balaban J connectivity index is 2.47. The molecule has 12 heteroatoms. The summed E-state index contributed by atoms with van der Waals surface area (Å²) in [6.07, 6.45) is 2.58. The van der Waals surface area contributed by atoms with Gasteiger partial charge in [-0.25, -0.2) is 9.97 Å². The van der Waals surface area contributed by atoms with Crippen molar-refractivity contribution in [2.24, 2.45) is 10.2 Å². The summed E-state index contributed by atoms with van der Waals surface area (Å²) < 4.78 is 0. The van der Waals surface area contributed by atoms with E-state index < -0.39 is 0 Å². The molecule has 0 aliphatic rings. The molecule has 2 aromatic rings. The summed E-state index contributed by atoms with van der Waals surface area (Å²) in [5, 5.41) is 20.5. The molecular formula is C6H2N12. The third-order valence-corrected chi connectivity index (χ3v) is 1.63. The molecule has 0 aliphatic heterocycles. The predicted molar refractivity (Wildman–Crippen MR) is 56.3 cm³/mol. The van der Waals surface area contributed by atoms with E-state index in [4.69, 9.17) is 11.1 Å². The SMILES string of the molecule is [N-]=[N+]=Nc1nncc(-c2cnnc(N=[N+]=[N-])n2)n1. The van der Waals surface area contributed by atoms with Crippen LogP contribution in [0.1, 0.15) is 0 Å². The first-order valence-corrected chi connectivity index (χ1v) is 4.33. The number of hydrogen-bond acceptors (Lipinski definition) is 8. The van der Waals surface area contributed by atoms with Gasteiger partial charge in [-0.05, 0) is 21.3 Å². The van der Waals surface area contributed by atoms with Gasteiger partial charge in [0.2, 0.25) is 11.9 Å². The summed E-state index contributed by atoms with van der Waals surface area (Å²) in [7, 11) is 0. The van der Waals surface area contributed by atoms with Gasteiger partial charge in [-0.2, -0.15) is 10.2 Å². The van der Waals surface area contributed by atoms with Crippen LogP contribution in [0.4, 0.5) is 11.9 Å². The van der Waals surface area contributed by atoms with Crippen LogP contribution in [-0.4, -0.2) is 30.4 Å². The van der Waals surface area contributed by atoms with Crippen LogP contribution in [0.15, 0.2) is 22.6 Å². The van der Waals surface area contributed by atoms with Crippen LogP contribution in [0.2, 0.25) is 0 Å². The van der Waals surface area contributed by atoms with Crippen LogP contribution < -0.4 is 0 Å². The molecule has 86 valence electrons. The molecule has 0 saturated carbocycles. The minimum atomic E-state index is -0.154. The fraction of sp³-hybridized carbons (Fsp3) is 0. The lowest BCUT2D eigenvalue weighted by Gasteiger charge is -1.98. The van der Waals surface area contributed by atoms with E-state index in [1.165, 1.54) is 12.4 Å². The number of hydrogen-bond donors (Lipinski definition) is 0. The van der Waals surface area contributed by atoms with Crippen molar-refractivity contribution >= 4 is 11.9 Å². The summed E-state index contributed by atoms with van der Waals surface area (Å²) in [5.41, 5.74) is 17.0. The van der Waals surface area contributed by atoms with Crippen LogP contribution in [-0.2, 0) is 0 Å². The van der Waals surface area contributed by atoms with Gasteiger partial charge in [0.15, 0.2) is 0 Å². The van der Waals surface area contributed by atoms with E-state index >= 15 is 0 Å². The highest BCUT2D eigenvalue weighted by atomic mass is 15.3. The number of nitrogens with zero attached hydrogens (tertiary/aromatic N) is 12. The molecule has 0 N–H and O–H groups in total. The highest BCUT2D eigenvalue weighted by molar-refractivity contribution is 5.52. The molecule has 2 heterocycles. The van der Waals surface area contributed by atoms with Gasteiger partial charge in [0, 0.05) is 9.82 Å². The van der Waals surface area contributed by atoms with E-state index in [9.17, 15) is 0 Å². The maximum atomic E-state index is 8.25. The van der Waals surface area contributed by atoms with E-state index in [-0.39, 0.29) is 23.3 Å². The first-order chi connectivity index (χ1) is 8.83. The predicted octanol–water partition coefficient (Wildman–Crippen LogP) is 1.61. The lowest BCUT2D eigenvalue weighted by atomic mass is 10.3. The van der Waals surface area contributed by atoms with Crippen molar-refractivity contribution in [3.8, 4) is 11.4 Å². The van der Waals surface area contributed by atoms with Gasteiger partial charge in [0.1, 0.15) is 11.4 Å². The van der Waals surface area contributed by atoms with Crippen LogP contribution in [0.3, 0.4) is 0 Å². The van der Waals surface area contributed by atoms with Crippen molar-refractivity contribution in [2.75, 3.05) is 0 Å². The van der Waals surface area contributed by atoms with Gasteiger partial charge in [-0.3, -0.25) is 0 Å². The molecular weight excluding hydrogens is 240 g/mol. The summed E-state index contributed by atoms with van der Waals surface area (Å²) in [4.78, 5) is 12.8. The maximum Gasteiger partial charge on any atom is 0.239 e. The van der Waals surface area contributed by atoms with Gasteiger partial charge in [-0.1, -0.05) is 0 Å². The summed E-state index contributed by atoms with van der Waals surface area (Å²) in [5.74, 6) is -0.308. The molecule has 0 saturated heterocycles. The largest absolute Gasteiger partial charge is 0.239 e. The third kappa shape index (κ3) is 2.41. The Labute approximate surface area is 98.0 Å². The van der Waals surface area contributed by atoms with E-state index in [0.29, 0.717) is 0 Å². The number of rotatable bonds is 3. The lowest BCUT2D eigenvalue weighted by molar-refractivity contribution is 0.935. The van der Waals surface area contributed by atoms with Crippen molar-refractivity contribution < 1.29 is 0 Å². The molecule has 18 heavy (non-hydrogen) atoms. The molecule has 2 rings (SSSR count). The van der Waals surface area contributed by atoms with Gasteiger partial charge < -0.3 is 0 Å².